The van der Waals surface area contributed by atoms with E-state index in [1.165, 1.54) is 0 Å². The lowest BCUT2D eigenvalue weighted by molar-refractivity contribution is 0.601. The Labute approximate surface area is 176 Å². The summed E-state index contributed by atoms with van der Waals surface area (Å²) in [5, 5.41) is 0. The molecule has 0 unspecified atom stereocenters. The summed E-state index contributed by atoms with van der Waals surface area (Å²) >= 11 is 0. The van der Waals surface area contributed by atoms with Gasteiger partial charge in [-0.05, 0) is 41.8 Å². The summed E-state index contributed by atoms with van der Waals surface area (Å²) in [7, 11) is -3.84. The van der Waals surface area contributed by atoms with Gasteiger partial charge in [-0.15, -0.1) is 0 Å². The molecule has 3 aromatic carbocycles. The molecule has 4 rings (SSSR count). The summed E-state index contributed by atoms with van der Waals surface area (Å²) < 4.78 is 28.8. The van der Waals surface area contributed by atoms with E-state index in [9.17, 15) is 8.42 Å². The van der Waals surface area contributed by atoms with Crippen molar-refractivity contribution in [1.29, 1.82) is 0 Å². The van der Waals surface area contributed by atoms with Crippen LogP contribution in [0.5, 0.6) is 0 Å². The van der Waals surface area contributed by atoms with Gasteiger partial charge in [0.05, 0.1) is 4.90 Å². The topological polar surface area (TPSA) is 85.1 Å². The Balaban J connectivity index is 1.91. The first-order valence-corrected chi connectivity index (χ1v) is 10.9. The van der Waals surface area contributed by atoms with E-state index in [1.807, 2.05) is 67.6 Å². The number of sulfonamides is 1. The van der Waals surface area contributed by atoms with Crippen LogP contribution < -0.4 is 10.5 Å². The standard InChI is InChI=1S/C24H21N3O2S/c1-17-12-14-20(15-13-17)30(28,29)27-24-23(19-10-6-3-7-11-19)21(16-22(25)26-24)18-8-4-2-5-9-18/h2-16H,1H3,(H3,25,26,27). The Bertz CT molecular complexity index is 1270. The fourth-order valence-electron chi connectivity index (χ4n) is 3.28. The molecule has 0 bridgehead atoms. The third kappa shape index (κ3) is 4.04. The summed E-state index contributed by atoms with van der Waals surface area (Å²) in [6, 6.07) is 27.7. The molecule has 6 heteroatoms. The van der Waals surface area contributed by atoms with E-state index in [2.05, 4.69) is 9.71 Å². The van der Waals surface area contributed by atoms with Gasteiger partial charge < -0.3 is 5.73 Å². The molecule has 0 spiro atoms. The van der Waals surface area contributed by atoms with Gasteiger partial charge in [-0.3, -0.25) is 4.72 Å². The van der Waals surface area contributed by atoms with Gasteiger partial charge >= 0.3 is 0 Å². The van der Waals surface area contributed by atoms with E-state index in [0.717, 1.165) is 22.3 Å². The minimum absolute atomic E-state index is 0.164. The SMILES string of the molecule is Cc1ccc(S(=O)(=O)Nc2nc(N)cc(-c3ccccc3)c2-c2ccccc2)cc1. The third-order valence-electron chi connectivity index (χ3n) is 4.75. The van der Waals surface area contributed by atoms with E-state index in [4.69, 9.17) is 5.73 Å². The first-order chi connectivity index (χ1) is 14.4. The van der Waals surface area contributed by atoms with Crippen LogP contribution in [0.25, 0.3) is 22.3 Å². The average Bonchev–Trinajstić information content (AvgIpc) is 2.74. The van der Waals surface area contributed by atoms with Crippen LogP contribution in [0.1, 0.15) is 5.56 Å². The summed E-state index contributed by atoms with van der Waals surface area (Å²) in [4.78, 5) is 4.52. The van der Waals surface area contributed by atoms with Gasteiger partial charge in [-0.2, -0.15) is 0 Å². The van der Waals surface area contributed by atoms with Gasteiger partial charge in [0.15, 0.2) is 5.82 Å². The molecule has 0 aliphatic heterocycles. The lowest BCUT2D eigenvalue weighted by atomic mass is 9.95. The minimum atomic E-state index is -3.84. The second-order valence-electron chi connectivity index (χ2n) is 6.97. The molecule has 1 aromatic heterocycles. The predicted molar refractivity (Wildman–Crippen MR) is 122 cm³/mol. The summed E-state index contributed by atoms with van der Waals surface area (Å²) in [6.45, 7) is 1.91. The van der Waals surface area contributed by atoms with Crippen LogP contribution in [0, 0.1) is 6.92 Å². The molecular weight excluding hydrogens is 394 g/mol. The van der Waals surface area contributed by atoms with Crippen molar-refractivity contribution in [2.45, 2.75) is 11.8 Å². The highest BCUT2D eigenvalue weighted by Crippen LogP contribution is 2.38. The Kier molecular flexibility index (Phi) is 5.25. The number of rotatable bonds is 5. The molecule has 0 aliphatic carbocycles. The van der Waals surface area contributed by atoms with Crippen LogP contribution in [-0.2, 0) is 10.0 Å². The zero-order valence-corrected chi connectivity index (χ0v) is 17.2. The number of nitrogen functional groups attached to an aromatic ring is 1. The maximum atomic E-state index is 13.1. The second-order valence-corrected chi connectivity index (χ2v) is 8.65. The Morgan fingerprint density at radius 3 is 1.97 bits per heavy atom. The van der Waals surface area contributed by atoms with Crippen LogP contribution in [0.3, 0.4) is 0 Å². The summed E-state index contributed by atoms with van der Waals surface area (Å²) in [5.74, 6) is 0.427. The van der Waals surface area contributed by atoms with Crippen molar-refractivity contribution in [3.63, 3.8) is 0 Å². The molecule has 4 aromatic rings. The van der Waals surface area contributed by atoms with E-state index in [1.54, 1.807) is 30.3 Å². The van der Waals surface area contributed by atoms with Gasteiger partial charge in [-0.25, -0.2) is 13.4 Å². The molecule has 1 heterocycles. The molecule has 5 nitrogen and oxygen atoms in total. The van der Waals surface area contributed by atoms with Crippen molar-refractivity contribution >= 4 is 21.7 Å². The van der Waals surface area contributed by atoms with Gasteiger partial charge in [-0.1, -0.05) is 78.4 Å². The Hall–Kier alpha value is -3.64. The Morgan fingerprint density at radius 1 is 0.800 bits per heavy atom. The molecular formula is C24H21N3O2S. The van der Waals surface area contributed by atoms with Crippen LogP contribution in [0.15, 0.2) is 95.9 Å². The molecule has 0 saturated heterocycles. The van der Waals surface area contributed by atoms with Gasteiger partial charge in [0.2, 0.25) is 0 Å². The van der Waals surface area contributed by atoms with Gasteiger partial charge in [0.25, 0.3) is 10.0 Å². The van der Waals surface area contributed by atoms with Crippen molar-refractivity contribution in [2.24, 2.45) is 0 Å². The van der Waals surface area contributed by atoms with Crippen molar-refractivity contribution < 1.29 is 8.42 Å². The molecule has 150 valence electrons. The number of nitrogens with two attached hydrogens (primary N) is 1. The fourth-order valence-corrected chi connectivity index (χ4v) is 4.30. The van der Waals surface area contributed by atoms with Gasteiger partial charge in [0.1, 0.15) is 5.82 Å². The van der Waals surface area contributed by atoms with E-state index >= 15 is 0 Å². The van der Waals surface area contributed by atoms with Crippen molar-refractivity contribution in [1.82, 2.24) is 4.98 Å². The molecule has 0 saturated carbocycles. The second kappa shape index (κ2) is 8.00. The lowest BCUT2D eigenvalue weighted by Crippen LogP contribution is -2.15. The molecule has 0 aliphatic rings. The molecule has 3 N–H and O–H groups in total. The molecule has 0 amide bonds. The highest BCUT2D eigenvalue weighted by atomic mass is 32.2. The molecule has 0 radical (unpaired) electrons. The maximum Gasteiger partial charge on any atom is 0.263 e. The number of nitrogens with one attached hydrogen (secondary N) is 1. The summed E-state index contributed by atoms with van der Waals surface area (Å²) in [6.07, 6.45) is 0. The van der Waals surface area contributed by atoms with Crippen molar-refractivity contribution in [3.05, 3.63) is 96.6 Å². The molecule has 0 atom stereocenters. The first kappa shape index (κ1) is 19.7. The van der Waals surface area contributed by atoms with Crippen LogP contribution in [-0.4, -0.2) is 13.4 Å². The van der Waals surface area contributed by atoms with Gasteiger partial charge in [0, 0.05) is 5.56 Å². The molecule has 0 fully saturated rings. The van der Waals surface area contributed by atoms with Crippen molar-refractivity contribution in [2.75, 3.05) is 10.5 Å². The lowest BCUT2D eigenvalue weighted by Gasteiger charge is -2.17. The number of aromatic nitrogens is 1. The number of aryl methyl sites for hydroxylation is 1. The van der Waals surface area contributed by atoms with E-state index in [0.29, 0.717) is 5.56 Å². The highest BCUT2D eigenvalue weighted by molar-refractivity contribution is 7.92. The number of nitrogens with zero attached hydrogens (tertiary/aromatic N) is 1. The highest BCUT2D eigenvalue weighted by Gasteiger charge is 2.21. The van der Waals surface area contributed by atoms with Crippen molar-refractivity contribution in [3.8, 4) is 22.3 Å². The first-order valence-electron chi connectivity index (χ1n) is 9.45. The number of benzene rings is 3. The number of anilines is 2. The minimum Gasteiger partial charge on any atom is -0.384 e. The number of hydrogen-bond acceptors (Lipinski definition) is 4. The van der Waals surface area contributed by atoms with E-state index in [-0.39, 0.29) is 16.5 Å². The summed E-state index contributed by atoms with van der Waals surface area (Å²) in [5.41, 5.74) is 10.3. The number of pyridine rings is 1. The Morgan fingerprint density at radius 2 is 1.37 bits per heavy atom. The monoisotopic (exact) mass is 415 g/mol. The maximum absolute atomic E-state index is 13.1. The normalized spacial score (nSPS) is 11.2. The predicted octanol–water partition coefficient (Wildman–Crippen LogP) is 5.11. The zero-order chi connectivity index (χ0) is 21.1. The van der Waals surface area contributed by atoms with Crippen LogP contribution >= 0.6 is 0 Å². The average molecular weight is 416 g/mol. The largest absolute Gasteiger partial charge is 0.384 e. The molecule has 30 heavy (non-hydrogen) atoms. The smallest absolute Gasteiger partial charge is 0.263 e. The number of hydrogen-bond donors (Lipinski definition) is 2. The van der Waals surface area contributed by atoms with Crippen LogP contribution in [0.4, 0.5) is 11.6 Å². The van der Waals surface area contributed by atoms with Crippen LogP contribution in [0.2, 0.25) is 0 Å². The van der Waals surface area contributed by atoms with E-state index < -0.39 is 10.0 Å². The zero-order valence-electron chi connectivity index (χ0n) is 16.4. The quantitative estimate of drug-likeness (QED) is 0.474. The fraction of sp³-hybridized carbons (Fsp3) is 0.0417. The third-order valence-corrected chi connectivity index (χ3v) is 6.10.